The highest BCUT2D eigenvalue weighted by Crippen LogP contribution is 2.38. The number of hydrogen-bond donors (Lipinski definition) is 2. The molecule has 134 valence electrons. The lowest BCUT2D eigenvalue weighted by atomic mass is 10.0. The average molecular weight is 374 g/mol. The van der Waals surface area contributed by atoms with Crippen LogP contribution in [0.3, 0.4) is 0 Å². The number of rotatable bonds is 4. The second-order valence-electron chi connectivity index (χ2n) is 6.46. The topological polar surface area (TPSA) is 62.5 Å². The molecule has 1 heterocycles. The molecule has 4 nitrogen and oxygen atoms in total. The third kappa shape index (κ3) is 2.87. The van der Waals surface area contributed by atoms with Crippen molar-refractivity contribution in [3.8, 4) is 5.75 Å². The van der Waals surface area contributed by atoms with E-state index in [1.54, 1.807) is 24.3 Å². The van der Waals surface area contributed by atoms with Crippen molar-refractivity contribution in [2.45, 2.75) is 32.4 Å². The van der Waals surface area contributed by atoms with Gasteiger partial charge in [-0.3, -0.25) is 0 Å². The molecule has 0 amide bonds. The molecule has 0 unspecified atom stereocenters. The number of phenolic OH excluding ortho intramolecular Hbond substituents is 1. The first-order valence-electron chi connectivity index (χ1n) is 8.49. The fraction of sp³-hybridized carbons (Fsp3) is 0.250. The standard InChI is InChI=1S/C20H17ClFNO3/c21-16-8-14-12-5-3-6-13(12)20(25)26-19(14)15(18(16)24)10-23-9-11-4-1-2-7-17(11)22/h1-2,4,7-8,23-24H,3,5-6,9-10H2. The monoisotopic (exact) mass is 373 g/mol. The molecule has 2 aromatic carbocycles. The first-order chi connectivity index (χ1) is 12.6. The number of phenols is 1. The molecule has 6 heteroatoms. The van der Waals surface area contributed by atoms with E-state index < -0.39 is 0 Å². The number of nitrogens with one attached hydrogen (secondary N) is 1. The number of halogens is 2. The SMILES string of the molecule is O=c1oc2c(CNCc3ccccc3F)c(O)c(Cl)cc2c2c1CCC2. The fourth-order valence-electron chi connectivity index (χ4n) is 3.56. The van der Waals surface area contributed by atoms with Crippen molar-refractivity contribution in [2.75, 3.05) is 0 Å². The Morgan fingerprint density at radius 3 is 2.77 bits per heavy atom. The van der Waals surface area contributed by atoms with Crippen molar-refractivity contribution in [2.24, 2.45) is 0 Å². The molecule has 0 atom stereocenters. The third-order valence-corrected chi connectivity index (χ3v) is 5.15. The van der Waals surface area contributed by atoms with Crippen molar-refractivity contribution in [3.63, 3.8) is 0 Å². The lowest BCUT2D eigenvalue weighted by Gasteiger charge is -2.13. The van der Waals surface area contributed by atoms with Gasteiger partial charge in [0.1, 0.15) is 17.1 Å². The zero-order chi connectivity index (χ0) is 18.3. The molecule has 0 saturated heterocycles. The molecule has 2 N–H and O–H groups in total. The van der Waals surface area contributed by atoms with E-state index in [4.69, 9.17) is 16.0 Å². The van der Waals surface area contributed by atoms with E-state index in [0.29, 0.717) is 28.7 Å². The smallest absolute Gasteiger partial charge is 0.339 e. The van der Waals surface area contributed by atoms with Crippen LogP contribution >= 0.6 is 11.6 Å². The van der Waals surface area contributed by atoms with Crippen LogP contribution in [0.5, 0.6) is 5.75 Å². The highest BCUT2D eigenvalue weighted by molar-refractivity contribution is 6.33. The predicted molar refractivity (Wildman–Crippen MR) is 98.1 cm³/mol. The zero-order valence-electron chi connectivity index (χ0n) is 13.9. The van der Waals surface area contributed by atoms with Gasteiger partial charge < -0.3 is 14.8 Å². The van der Waals surface area contributed by atoms with Gasteiger partial charge in [0.2, 0.25) is 0 Å². The van der Waals surface area contributed by atoms with Crippen LogP contribution in [-0.2, 0) is 25.9 Å². The Balaban J connectivity index is 1.72. The lowest BCUT2D eigenvalue weighted by Crippen LogP contribution is -2.15. The predicted octanol–water partition coefficient (Wildman–Crippen LogP) is 4.07. The second-order valence-corrected chi connectivity index (χ2v) is 6.86. The summed E-state index contributed by atoms with van der Waals surface area (Å²) >= 11 is 6.20. The van der Waals surface area contributed by atoms with E-state index >= 15 is 0 Å². The molecular formula is C20H17ClFNO3. The molecule has 1 aromatic heterocycles. The first-order valence-corrected chi connectivity index (χ1v) is 8.87. The van der Waals surface area contributed by atoms with Crippen LogP contribution in [0.4, 0.5) is 4.39 Å². The summed E-state index contributed by atoms with van der Waals surface area (Å²) in [6, 6.07) is 8.12. The van der Waals surface area contributed by atoms with Gasteiger partial charge in [0.15, 0.2) is 0 Å². The Hall–Kier alpha value is -2.37. The summed E-state index contributed by atoms with van der Waals surface area (Å²) in [4.78, 5) is 12.3. The van der Waals surface area contributed by atoms with Crippen LogP contribution in [0.2, 0.25) is 5.02 Å². The highest BCUT2D eigenvalue weighted by atomic mass is 35.5. The Bertz CT molecular complexity index is 1060. The molecule has 3 aromatic rings. The van der Waals surface area contributed by atoms with Gasteiger partial charge in [-0.2, -0.15) is 0 Å². The van der Waals surface area contributed by atoms with Gasteiger partial charge in [0, 0.05) is 29.6 Å². The Kier molecular flexibility index (Phi) is 4.42. The molecule has 1 aliphatic rings. The number of aryl methyl sites for hydroxylation is 1. The molecule has 0 fully saturated rings. The maximum absolute atomic E-state index is 13.7. The number of benzene rings is 2. The van der Waals surface area contributed by atoms with Gasteiger partial charge in [-0.1, -0.05) is 29.8 Å². The minimum Gasteiger partial charge on any atom is -0.506 e. The molecular weight excluding hydrogens is 357 g/mol. The molecule has 0 radical (unpaired) electrons. The summed E-state index contributed by atoms with van der Waals surface area (Å²) in [5.74, 6) is -0.425. The quantitative estimate of drug-likeness (QED) is 0.677. The van der Waals surface area contributed by atoms with Crippen molar-refractivity contribution in [3.05, 3.63) is 73.8 Å². The van der Waals surface area contributed by atoms with Crippen LogP contribution in [0.15, 0.2) is 39.5 Å². The number of hydrogen-bond acceptors (Lipinski definition) is 4. The van der Waals surface area contributed by atoms with Gasteiger partial charge in [-0.15, -0.1) is 0 Å². The summed E-state index contributed by atoms with van der Waals surface area (Å²) in [7, 11) is 0. The van der Waals surface area contributed by atoms with Gasteiger partial charge in [-0.05, 0) is 37.0 Å². The van der Waals surface area contributed by atoms with Crippen LogP contribution in [0.25, 0.3) is 11.0 Å². The minimum absolute atomic E-state index is 0.124. The van der Waals surface area contributed by atoms with Crippen LogP contribution in [0.1, 0.15) is 28.7 Å². The molecule has 0 bridgehead atoms. The summed E-state index contributed by atoms with van der Waals surface area (Å²) in [6.45, 7) is 0.467. The largest absolute Gasteiger partial charge is 0.506 e. The van der Waals surface area contributed by atoms with E-state index in [1.165, 1.54) is 6.07 Å². The molecule has 0 aliphatic heterocycles. The summed E-state index contributed by atoms with van der Waals surface area (Å²) in [6.07, 6.45) is 2.40. The van der Waals surface area contributed by atoms with E-state index in [-0.39, 0.29) is 35.3 Å². The van der Waals surface area contributed by atoms with E-state index in [2.05, 4.69) is 5.32 Å². The number of fused-ring (bicyclic) bond motifs is 3. The van der Waals surface area contributed by atoms with E-state index in [1.807, 2.05) is 0 Å². The molecule has 0 saturated carbocycles. The third-order valence-electron chi connectivity index (χ3n) is 4.86. The van der Waals surface area contributed by atoms with E-state index in [9.17, 15) is 14.3 Å². The maximum Gasteiger partial charge on any atom is 0.339 e. The van der Waals surface area contributed by atoms with Crippen molar-refractivity contribution in [1.29, 1.82) is 0 Å². The Morgan fingerprint density at radius 2 is 1.96 bits per heavy atom. The summed E-state index contributed by atoms with van der Waals surface area (Å²) in [5, 5.41) is 14.4. The Labute approximate surface area is 154 Å². The second kappa shape index (κ2) is 6.74. The van der Waals surface area contributed by atoms with Gasteiger partial charge in [-0.25, -0.2) is 9.18 Å². The van der Waals surface area contributed by atoms with E-state index in [0.717, 1.165) is 23.8 Å². The highest BCUT2D eigenvalue weighted by Gasteiger charge is 2.23. The molecule has 1 aliphatic carbocycles. The van der Waals surface area contributed by atoms with Crippen LogP contribution in [0, 0.1) is 5.82 Å². The fourth-order valence-corrected chi connectivity index (χ4v) is 3.79. The molecule has 0 spiro atoms. The molecule has 26 heavy (non-hydrogen) atoms. The van der Waals surface area contributed by atoms with Crippen molar-refractivity contribution in [1.82, 2.24) is 5.32 Å². The zero-order valence-corrected chi connectivity index (χ0v) is 14.7. The van der Waals surface area contributed by atoms with Gasteiger partial charge in [0.05, 0.1) is 10.6 Å². The average Bonchev–Trinajstić information content (AvgIpc) is 3.12. The Morgan fingerprint density at radius 1 is 1.19 bits per heavy atom. The minimum atomic E-state index is -0.359. The van der Waals surface area contributed by atoms with Crippen molar-refractivity contribution >= 4 is 22.6 Å². The van der Waals surface area contributed by atoms with Crippen LogP contribution in [-0.4, -0.2) is 5.11 Å². The first kappa shape index (κ1) is 17.1. The summed E-state index contributed by atoms with van der Waals surface area (Å²) in [5.41, 5.74) is 2.56. The maximum atomic E-state index is 13.7. The molecule has 4 rings (SSSR count). The van der Waals surface area contributed by atoms with Crippen LogP contribution < -0.4 is 10.9 Å². The normalized spacial score (nSPS) is 13.3. The lowest BCUT2D eigenvalue weighted by molar-refractivity contribution is 0.460. The van der Waals surface area contributed by atoms with Crippen molar-refractivity contribution < 1.29 is 13.9 Å². The summed E-state index contributed by atoms with van der Waals surface area (Å²) < 4.78 is 19.3. The van der Waals surface area contributed by atoms with Gasteiger partial charge in [0.25, 0.3) is 0 Å². The number of aromatic hydroxyl groups is 1. The van der Waals surface area contributed by atoms with Gasteiger partial charge >= 0.3 is 5.63 Å².